The van der Waals surface area contributed by atoms with Crippen LogP contribution in [0.2, 0.25) is 0 Å². The van der Waals surface area contributed by atoms with E-state index in [4.69, 9.17) is 9.47 Å². The second-order valence-electron chi connectivity index (χ2n) is 7.65. The van der Waals surface area contributed by atoms with E-state index in [2.05, 4.69) is 5.32 Å². The van der Waals surface area contributed by atoms with Gasteiger partial charge in [0.1, 0.15) is 6.04 Å². The fourth-order valence-corrected chi connectivity index (χ4v) is 3.65. The molecule has 0 heterocycles. The van der Waals surface area contributed by atoms with Crippen LogP contribution in [0.3, 0.4) is 0 Å². The molecular weight excluding hydrogens is 452 g/mol. The zero-order chi connectivity index (χ0) is 25.4. The molecule has 180 valence electrons. The first-order valence-electron chi connectivity index (χ1n) is 10.7. The fraction of sp³-hybridized carbons (Fsp3) is 0.192. The van der Waals surface area contributed by atoms with Gasteiger partial charge < -0.3 is 14.8 Å². The van der Waals surface area contributed by atoms with Gasteiger partial charge in [-0.1, -0.05) is 54.6 Å². The van der Waals surface area contributed by atoms with Crippen molar-refractivity contribution < 1.29 is 28.8 Å². The first kappa shape index (κ1) is 25.1. The van der Waals surface area contributed by atoms with Gasteiger partial charge in [0.15, 0.2) is 0 Å². The van der Waals surface area contributed by atoms with Crippen LogP contribution in [0, 0.1) is 10.1 Å². The Kier molecular flexibility index (Phi) is 8.29. The van der Waals surface area contributed by atoms with Gasteiger partial charge in [0, 0.05) is 23.6 Å². The Morgan fingerprint density at radius 1 is 0.857 bits per heavy atom. The zero-order valence-electron chi connectivity index (χ0n) is 19.2. The lowest BCUT2D eigenvalue weighted by atomic mass is 9.88. The SMILES string of the molecule is COC(=O)C[C@@H](c1ccc([N+](=O)[O-])cc1)[C@@H](NC(=O)c1ccc(-c2ccccc2)cc1)C(=O)OC. The summed E-state index contributed by atoms with van der Waals surface area (Å²) < 4.78 is 9.65. The molecule has 0 saturated heterocycles. The summed E-state index contributed by atoms with van der Waals surface area (Å²) in [5.41, 5.74) is 2.49. The molecule has 0 bridgehead atoms. The quantitative estimate of drug-likeness (QED) is 0.282. The van der Waals surface area contributed by atoms with Crippen molar-refractivity contribution in [1.82, 2.24) is 5.32 Å². The second-order valence-corrected chi connectivity index (χ2v) is 7.65. The molecule has 0 aliphatic heterocycles. The minimum atomic E-state index is -1.25. The number of rotatable bonds is 9. The molecule has 0 aliphatic carbocycles. The molecule has 0 unspecified atom stereocenters. The largest absolute Gasteiger partial charge is 0.469 e. The number of nitrogens with one attached hydrogen (secondary N) is 1. The highest BCUT2D eigenvalue weighted by Crippen LogP contribution is 2.28. The molecule has 0 fully saturated rings. The zero-order valence-corrected chi connectivity index (χ0v) is 19.2. The lowest BCUT2D eigenvalue weighted by molar-refractivity contribution is -0.384. The molecule has 0 spiro atoms. The van der Waals surface area contributed by atoms with Crippen LogP contribution >= 0.6 is 0 Å². The number of hydrogen-bond acceptors (Lipinski definition) is 7. The third-order valence-corrected chi connectivity index (χ3v) is 5.54. The van der Waals surface area contributed by atoms with E-state index < -0.39 is 34.7 Å². The first-order chi connectivity index (χ1) is 16.8. The molecular formula is C26H24N2O7. The number of carbonyl (C=O) groups is 3. The van der Waals surface area contributed by atoms with E-state index in [0.717, 1.165) is 11.1 Å². The smallest absolute Gasteiger partial charge is 0.329 e. The predicted molar refractivity (Wildman–Crippen MR) is 128 cm³/mol. The van der Waals surface area contributed by atoms with Gasteiger partial charge >= 0.3 is 11.9 Å². The monoisotopic (exact) mass is 476 g/mol. The normalized spacial score (nSPS) is 12.2. The average molecular weight is 476 g/mol. The van der Waals surface area contributed by atoms with E-state index in [1.807, 2.05) is 30.3 Å². The van der Waals surface area contributed by atoms with Gasteiger partial charge in [-0.3, -0.25) is 19.7 Å². The van der Waals surface area contributed by atoms with Crippen molar-refractivity contribution in [1.29, 1.82) is 0 Å². The van der Waals surface area contributed by atoms with Gasteiger partial charge in [0.05, 0.1) is 25.6 Å². The maximum absolute atomic E-state index is 13.0. The van der Waals surface area contributed by atoms with Crippen molar-refractivity contribution in [3.63, 3.8) is 0 Å². The number of nitro groups is 1. The molecule has 9 heteroatoms. The van der Waals surface area contributed by atoms with Gasteiger partial charge in [-0.05, 0) is 28.8 Å². The van der Waals surface area contributed by atoms with Crippen molar-refractivity contribution in [2.24, 2.45) is 0 Å². The van der Waals surface area contributed by atoms with Crippen LogP contribution in [-0.2, 0) is 19.1 Å². The molecule has 0 aromatic heterocycles. The molecule has 0 radical (unpaired) electrons. The number of ether oxygens (including phenoxy) is 2. The number of nitrogens with zero attached hydrogens (tertiary/aromatic N) is 1. The van der Waals surface area contributed by atoms with E-state index in [-0.39, 0.29) is 12.1 Å². The molecule has 3 aromatic rings. The highest BCUT2D eigenvalue weighted by Gasteiger charge is 2.34. The van der Waals surface area contributed by atoms with Crippen molar-refractivity contribution >= 4 is 23.5 Å². The summed E-state index contributed by atoms with van der Waals surface area (Å²) in [6.45, 7) is 0. The van der Waals surface area contributed by atoms with E-state index >= 15 is 0 Å². The summed E-state index contributed by atoms with van der Waals surface area (Å²) in [4.78, 5) is 48.3. The van der Waals surface area contributed by atoms with Crippen molar-refractivity contribution in [2.45, 2.75) is 18.4 Å². The summed E-state index contributed by atoms with van der Waals surface area (Å²) >= 11 is 0. The third kappa shape index (κ3) is 6.29. The summed E-state index contributed by atoms with van der Waals surface area (Å²) in [5.74, 6) is -2.82. The molecule has 3 aromatic carbocycles. The minimum Gasteiger partial charge on any atom is -0.469 e. The van der Waals surface area contributed by atoms with Crippen LogP contribution in [0.25, 0.3) is 11.1 Å². The summed E-state index contributed by atoms with van der Waals surface area (Å²) in [7, 11) is 2.37. The number of esters is 2. The highest BCUT2D eigenvalue weighted by molar-refractivity contribution is 5.97. The minimum absolute atomic E-state index is 0.150. The number of amides is 1. The topological polar surface area (TPSA) is 125 Å². The van der Waals surface area contributed by atoms with Crippen molar-refractivity contribution in [2.75, 3.05) is 14.2 Å². The fourth-order valence-electron chi connectivity index (χ4n) is 3.65. The standard InChI is InChI=1S/C26H24N2O7/c1-34-23(29)16-22(19-12-14-21(15-13-19)28(32)33)24(26(31)35-2)27-25(30)20-10-8-18(9-11-20)17-6-4-3-5-7-17/h3-15,22,24H,16H2,1-2H3,(H,27,30)/t22-,24+/m0/s1. The average Bonchev–Trinajstić information content (AvgIpc) is 2.90. The molecule has 35 heavy (non-hydrogen) atoms. The number of methoxy groups -OCH3 is 2. The summed E-state index contributed by atoms with van der Waals surface area (Å²) in [6, 6.07) is 20.6. The molecule has 0 saturated carbocycles. The Labute approximate surface area is 201 Å². The van der Waals surface area contributed by atoms with Crippen LogP contribution in [0.15, 0.2) is 78.9 Å². The number of non-ortho nitro benzene ring substituents is 1. The number of benzene rings is 3. The number of carbonyl (C=O) groups excluding carboxylic acids is 3. The van der Waals surface area contributed by atoms with Crippen LogP contribution < -0.4 is 5.32 Å². The lowest BCUT2D eigenvalue weighted by Crippen LogP contribution is -2.46. The number of hydrogen-bond donors (Lipinski definition) is 1. The van der Waals surface area contributed by atoms with Crippen molar-refractivity contribution in [3.05, 3.63) is 100 Å². The van der Waals surface area contributed by atoms with Crippen LogP contribution in [0.1, 0.15) is 28.3 Å². The van der Waals surface area contributed by atoms with Gasteiger partial charge in [0.25, 0.3) is 11.6 Å². The van der Waals surface area contributed by atoms with E-state index in [9.17, 15) is 24.5 Å². The molecule has 1 N–H and O–H groups in total. The van der Waals surface area contributed by atoms with Gasteiger partial charge in [-0.2, -0.15) is 0 Å². The Hall–Kier alpha value is -4.53. The molecule has 9 nitrogen and oxygen atoms in total. The molecule has 2 atom stereocenters. The maximum Gasteiger partial charge on any atom is 0.329 e. The predicted octanol–water partition coefficient (Wildman–Crippen LogP) is 3.88. The van der Waals surface area contributed by atoms with Gasteiger partial charge in [-0.15, -0.1) is 0 Å². The van der Waals surface area contributed by atoms with Gasteiger partial charge in [-0.25, -0.2) is 4.79 Å². The van der Waals surface area contributed by atoms with E-state index in [1.165, 1.54) is 38.5 Å². The molecule has 3 rings (SSSR count). The summed E-state index contributed by atoms with van der Waals surface area (Å²) in [6.07, 6.45) is -0.263. The van der Waals surface area contributed by atoms with E-state index in [1.54, 1.807) is 24.3 Å². The lowest BCUT2D eigenvalue weighted by Gasteiger charge is -2.26. The number of nitro benzene ring substituents is 1. The third-order valence-electron chi connectivity index (χ3n) is 5.54. The van der Waals surface area contributed by atoms with E-state index in [0.29, 0.717) is 11.1 Å². The maximum atomic E-state index is 13.0. The summed E-state index contributed by atoms with van der Waals surface area (Å²) in [5, 5.41) is 13.7. The Morgan fingerprint density at radius 2 is 1.46 bits per heavy atom. The second kappa shape index (κ2) is 11.6. The van der Waals surface area contributed by atoms with Crippen LogP contribution in [-0.4, -0.2) is 43.0 Å². The Balaban J connectivity index is 1.89. The molecule has 1 amide bonds. The molecule has 0 aliphatic rings. The Bertz CT molecular complexity index is 1190. The van der Waals surface area contributed by atoms with Crippen LogP contribution in [0.4, 0.5) is 5.69 Å². The van der Waals surface area contributed by atoms with Crippen LogP contribution in [0.5, 0.6) is 0 Å². The van der Waals surface area contributed by atoms with Gasteiger partial charge in [0.2, 0.25) is 0 Å². The first-order valence-corrected chi connectivity index (χ1v) is 10.7. The highest BCUT2D eigenvalue weighted by atomic mass is 16.6. The Morgan fingerprint density at radius 3 is 2.00 bits per heavy atom. The van der Waals surface area contributed by atoms with Crippen molar-refractivity contribution in [3.8, 4) is 11.1 Å².